The molecule has 6 heteroatoms. The average molecular weight is 346 g/mol. The number of esters is 1. The number of carbonyl (C=O) groups is 1. The predicted molar refractivity (Wildman–Crippen MR) is 93.1 cm³/mol. The van der Waals surface area contributed by atoms with E-state index in [0.29, 0.717) is 18.0 Å². The van der Waals surface area contributed by atoms with Gasteiger partial charge in [0, 0.05) is 19.6 Å². The van der Waals surface area contributed by atoms with Gasteiger partial charge in [-0.15, -0.1) is 11.3 Å². The second-order valence-corrected chi connectivity index (χ2v) is 6.74. The zero-order valence-corrected chi connectivity index (χ0v) is 14.8. The van der Waals surface area contributed by atoms with Gasteiger partial charge < -0.3 is 9.47 Å². The van der Waals surface area contributed by atoms with Gasteiger partial charge in [0.05, 0.1) is 30.0 Å². The molecule has 5 nitrogen and oxygen atoms in total. The molecule has 3 rings (SSSR count). The summed E-state index contributed by atoms with van der Waals surface area (Å²) in [5, 5.41) is 0. The van der Waals surface area contributed by atoms with Crippen LogP contribution in [0.5, 0.6) is 0 Å². The standard InChI is InChI=1S/C18H22N2O3S/c1-3-22-18(21)17-15(19-12-24-17)10-20-9-13(2)23-16(11-20)14-7-5-4-6-8-14/h4-8,12-13,16H,3,9-11H2,1-2H3/t13-,16+/m0/s1. The van der Waals surface area contributed by atoms with Crippen molar-refractivity contribution in [2.45, 2.75) is 32.6 Å². The molecule has 0 aliphatic carbocycles. The Morgan fingerprint density at radius 1 is 1.38 bits per heavy atom. The van der Waals surface area contributed by atoms with Crippen LogP contribution in [0.3, 0.4) is 0 Å². The average Bonchev–Trinajstić information content (AvgIpc) is 3.03. The number of aromatic nitrogens is 1. The predicted octanol–water partition coefficient (Wildman–Crippen LogP) is 3.28. The molecule has 1 aromatic carbocycles. The van der Waals surface area contributed by atoms with Crippen LogP contribution >= 0.6 is 11.3 Å². The summed E-state index contributed by atoms with van der Waals surface area (Å²) in [5.74, 6) is -0.282. The maximum atomic E-state index is 12.0. The van der Waals surface area contributed by atoms with E-state index in [1.165, 1.54) is 16.9 Å². The first kappa shape index (κ1) is 17.1. The van der Waals surface area contributed by atoms with Crippen LogP contribution in [0, 0.1) is 0 Å². The quantitative estimate of drug-likeness (QED) is 0.778. The van der Waals surface area contributed by atoms with E-state index in [4.69, 9.17) is 9.47 Å². The van der Waals surface area contributed by atoms with Gasteiger partial charge in [0.1, 0.15) is 4.88 Å². The van der Waals surface area contributed by atoms with E-state index in [-0.39, 0.29) is 18.2 Å². The Morgan fingerprint density at radius 3 is 2.92 bits per heavy atom. The first-order valence-electron chi connectivity index (χ1n) is 8.19. The summed E-state index contributed by atoms with van der Waals surface area (Å²) in [4.78, 5) is 19.3. The minimum Gasteiger partial charge on any atom is -0.462 e. The molecule has 0 saturated carbocycles. The molecule has 0 bridgehead atoms. The van der Waals surface area contributed by atoms with Gasteiger partial charge in [0.15, 0.2) is 0 Å². The van der Waals surface area contributed by atoms with Gasteiger partial charge >= 0.3 is 5.97 Å². The van der Waals surface area contributed by atoms with Crippen molar-refractivity contribution >= 4 is 17.3 Å². The largest absolute Gasteiger partial charge is 0.462 e. The third-order valence-electron chi connectivity index (χ3n) is 3.98. The summed E-state index contributed by atoms with van der Waals surface area (Å²) in [6, 6.07) is 10.2. The number of rotatable bonds is 5. The van der Waals surface area contributed by atoms with E-state index < -0.39 is 0 Å². The molecule has 1 aliphatic rings. The summed E-state index contributed by atoms with van der Waals surface area (Å²) in [6.45, 7) is 6.51. The van der Waals surface area contributed by atoms with Crippen LogP contribution in [-0.2, 0) is 16.0 Å². The molecule has 1 aliphatic heterocycles. The highest BCUT2D eigenvalue weighted by molar-refractivity contribution is 7.11. The van der Waals surface area contributed by atoms with Gasteiger partial charge in [0.2, 0.25) is 0 Å². The Bertz CT molecular complexity index is 674. The molecule has 128 valence electrons. The van der Waals surface area contributed by atoms with Crippen LogP contribution in [0.1, 0.15) is 40.9 Å². The Hall–Kier alpha value is -1.76. The van der Waals surface area contributed by atoms with Gasteiger partial charge in [-0.3, -0.25) is 4.90 Å². The van der Waals surface area contributed by atoms with E-state index in [1.54, 1.807) is 5.51 Å². The SMILES string of the molecule is CCOC(=O)c1scnc1CN1C[C@H](C)O[C@@H](c2ccccc2)C1. The van der Waals surface area contributed by atoms with E-state index in [2.05, 4.69) is 28.9 Å². The van der Waals surface area contributed by atoms with Crippen molar-refractivity contribution in [2.24, 2.45) is 0 Å². The molecule has 2 atom stereocenters. The lowest BCUT2D eigenvalue weighted by molar-refractivity contribution is -0.0816. The monoisotopic (exact) mass is 346 g/mol. The zero-order chi connectivity index (χ0) is 16.9. The molecule has 0 unspecified atom stereocenters. The van der Waals surface area contributed by atoms with Gasteiger partial charge in [-0.25, -0.2) is 9.78 Å². The third kappa shape index (κ3) is 4.01. The van der Waals surface area contributed by atoms with Crippen LogP contribution in [0.4, 0.5) is 0 Å². The maximum absolute atomic E-state index is 12.0. The number of benzene rings is 1. The molecule has 2 aromatic rings. The molecule has 2 heterocycles. The molecule has 0 radical (unpaired) electrons. The van der Waals surface area contributed by atoms with Crippen molar-refractivity contribution in [3.8, 4) is 0 Å². The zero-order valence-electron chi connectivity index (χ0n) is 14.0. The number of nitrogens with zero attached hydrogens (tertiary/aromatic N) is 2. The van der Waals surface area contributed by atoms with Crippen LogP contribution < -0.4 is 0 Å². The summed E-state index contributed by atoms with van der Waals surface area (Å²) in [7, 11) is 0. The third-order valence-corrected chi connectivity index (χ3v) is 4.83. The first-order valence-corrected chi connectivity index (χ1v) is 9.07. The number of thiazole rings is 1. The lowest BCUT2D eigenvalue weighted by atomic mass is 10.1. The summed E-state index contributed by atoms with van der Waals surface area (Å²) < 4.78 is 11.2. The number of ether oxygens (including phenoxy) is 2. The van der Waals surface area contributed by atoms with E-state index in [0.717, 1.165) is 18.8 Å². The van der Waals surface area contributed by atoms with Gasteiger partial charge in [-0.05, 0) is 19.4 Å². The van der Waals surface area contributed by atoms with Crippen molar-refractivity contribution < 1.29 is 14.3 Å². The van der Waals surface area contributed by atoms with Gasteiger partial charge in [-0.1, -0.05) is 30.3 Å². The van der Waals surface area contributed by atoms with Crippen LogP contribution in [0.2, 0.25) is 0 Å². The number of hydrogen-bond acceptors (Lipinski definition) is 6. The molecule has 0 spiro atoms. The van der Waals surface area contributed by atoms with Crippen LogP contribution in [-0.4, -0.2) is 41.7 Å². The highest BCUT2D eigenvalue weighted by Crippen LogP contribution is 2.27. The highest BCUT2D eigenvalue weighted by atomic mass is 32.1. The van der Waals surface area contributed by atoms with Crippen molar-refractivity contribution in [2.75, 3.05) is 19.7 Å². The fourth-order valence-electron chi connectivity index (χ4n) is 2.98. The molecule has 0 N–H and O–H groups in total. The summed E-state index contributed by atoms with van der Waals surface area (Å²) in [5.41, 5.74) is 3.68. The summed E-state index contributed by atoms with van der Waals surface area (Å²) in [6.07, 6.45) is 0.174. The Kier molecular flexibility index (Phi) is 5.60. The van der Waals surface area contributed by atoms with E-state index in [1.807, 2.05) is 25.1 Å². The molecular formula is C18H22N2O3S. The van der Waals surface area contributed by atoms with E-state index >= 15 is 0 Å². The Labute approximate surface area is 146 Å². The van der Waals surface area contributed by atoms with Crippen molar-refractivity contribution in [3.05, 3.63) is 52.0 Å². The van der Waals surface area contributed by atoms with Crippen molar-refractivity contribution in [3.63, 3.8) is 0 Å². The van der Waals surface area contributed by atoms with Crippen molar-refractivity contribution in [1.82, 2.24) is 9.88 Å². The highest BCUT2D eigenvalue weighted by Gasteiger charge is 2.28. The van der Waals surface area contributed by atoms with Crippen molar-refractivity contribution in [1.29, 1.82) is 0 Å². The fraction of sp³-hybridized carbons (Fsp3) is 0.444. The van der Waals surface area contributed by atoms with E-state index in [9.17, 15) is 4.79 Å². The lowest BCUT2D eigenvalue weighted by Crippen LogP contribution is -2.42. The number of carbonyl (C=O) groups excluding carboxylic acids is 1. The molecular weight excluding hydrogens is 324 g/mol. The van der Waals surface area contributed by atoms with Crippen LogP contribution in [0.25, 0.3) is 0 Å². The minimum absolute atomic E-state index is 0.0413. The molecule has 1 fully saturated rings. The van der Waals surface area contributed by atoms with Gasteiger partial charge in [-0.2, -0.15) is 0 Å². The molecule has 24 heavy (non-hydrogen) atoms. The Balaban J connectivity index is 1.71. The topological polar surface area (TPSA) is 51.7 Å². The number of hydrogen-bond donors (Lipinski definition) is 0. The summed E-state index contributed by atoms with van der Waals surface area (Å²) >= 11 is 1.34. The smallest absolute Gasteiger partial charge is 0.350 e. The lowest BCUT2D eigenvalue weighted by Gasteiger charge is -2.36. The van der Waals surface area contributed by atoms with Crippen LogP contribution in [0.15, 0.2) is 35.8 Å². The maximum Gasteiger partial charge on any atom is 0.350 e. The number of morpholine rings is 1. The molecule has 1 aromatic heterocycles. The second kappa shape index (κ2) is 7.88. The molecule has 1 saturated heterocycles. The minimum atomic E-state index is -0.282. The Morgan fingerprint density at radius 2 is 2.17 bits per heavy atom. The second-order valence-electron chi connectivity index (χ2n) is 5.89. The van der Waals surface area contributed by atoms with Gasteiger partial charge in [0.25, 0.3) is 0 Å². The normalized spacial score (nSPS) is 21.6. The fourth-order valence-corrected chi connectivity index (χ4v) is 3.67. The molecule has 0 amide bonds. The first-order chi connectivity index (χ1) is 11.7.